The van der Waals surface area contributed by atoms with Crippen molar-refractivity contribution in [2.75, 3.05) is 0 Å². The van der Waals surface area contributed by atoms with Crippen molar-refractivity contribution in [1.29, 1.82) is 0 Å². The molecule has 18 heavy (non-hydrogen) atoms. The van der Waals surface area contributed by atoms with Crippen molar-refractivity contribution in [1.82, 2.24) is 0 Å². The highest BCUT2D eigenvalue weighted by Gasteiger charge is 2.02. The van der Waals surface area contributed by atoms with Gasteiger partial charge in [0, 0.05) is 5.57 Å². The molecule has 0 aliphatic rings. The molecule has 3 nitrogen and oxygen atoms in total. The zero-order chi connectivity index (χ0) is 13.4. The maximum absolute atomic E-state index is 10.5. The highest BCUT2D eigenvalue weighted by atomic mass is 16.4. The van der Waals surface area contributed by atoms with Crippen LogP contribution in [0.5, 0.6) is 0 Å². The first-order chi connectivity index (χ1) is 8.59. The van der Waals surface area contributed by atoms with E-state index in [-0.39, 0.29) is 5.57 Å². The first kappa shape index (κ1) is 14.2. The van der Waals surface area contributed by atoms with Gasteiger partial charge in [0.25, 0.3) is 0 Å². The van der Waals surface area contributed by atoms with Crippen LogP contribution in [0.2, 0.25) is 0 Å². The Hall–Kier alpha value is -1.87. The van der Waals surface area contributed by atoms with Gasteiger partial charge >= 0.3 is 5.97 Å². The van der Waals surface area contributed by atoms with E-state index in [1.807, 2.05) is 42.5 Å². The molecule has 0 saturated heterocycles. The summed E-state index contributed by atoms with van der Waals surface area (Å²) in [5.41, 5.74) is 1.35. The third-order valence-electron chi connectivity index (χ3n) is 2.55. The quantitative estimate of drug-likeness (QED) is 0.759. The summed E-state index contributed by atoms with van der Waals surface area (Å²) in [5, 5.41) is 18.3. The molecule has 3 heteroatoms. The van der Waals surface area contributed by atoms with Gasteiger partial charge in [-0.15, -0.1) is 0 Å². The molecule has 0 bridgehead atoms. The highest BCUT2D eigenvalue weighted by Crippen LogP contribution is 2.07. The Morgan fingerprint density at radius 1 is 1.28 bits per heavy atom. The predicted octanol–water partition coefficient (Wildman–Crippen LogP) is 2.87. The van der Waals surface area contributed by atoms with Crippen molar-refractivity contribution in [3.63, 3.8) is 0 Å². The number of aliphatic hydroxyl groups is 1. The van der Waals surface area contributed by atoms with Crippen LogP contribution in [0.3, 0.4) is 0 Å². The Morgan fingerprint density at radius 2 is 1.94 bits per heavy atom. The fraction of sp³-hybridized carbons (Fsp3) is 0.267. The summed E-state index contributed by atoms with van der Waals surface area (Å²) in [6.45, 7) is 1.52. The lowest BCUT2D eigenvalue weighted by molar-refractivity contribution is -0.132. The Balaban J connectivity index is 2.38. The summed E-state index contributed by atoms with van der Waals surface area (Å²) >= 11 is 0. The molecule has 0 aliphatic heterocycles. The van der Waals surface area contributed by atoms with E-state index < -0.39 is 12.1 Å². The summed E-state index contributed by atoms with van der Waals surface area (Å²) in [6.07, 6.45) is 5.71. The first-order valence-corrected chi connectivity index (χ1v) is 5.89. The first-order valence-electron chi connectivity index (χ1n) is 5.89. The van der Waals surface area contributed by atoms with Gasteiger partial charge in [-0.2, -0.15) is 0 Å². The second kappa shape index (κ2) is 7.45. The molecule has 1 atom stereocenters. The Kier molecular flexibility index (Phi) is 5.88. The van der Waals surface area contributed by atoms with E-state index in [2.05, 4.69) is 0 Å². The molecule has 0 fully saturated rings. The molecule has 1 aromatic carbocycles. The van der Waals surface area contributed by atoms with Gasteiger partial charge in [0.05, 0.1) is 6.10 Å². The number of rotatable bonds is 6. The molecule has 96 valence electrons. The van der Waals surface area contributed by atoms with Crippen molar-refractivity contribution in [3.05, 3.63) is 53.6 Å². The minimum Gasteiger partial charge on any atom is -0.478 e. The topological polar surface area (TPSA) is 57.5 Å². The van der Waals surface area contributed by atoms with Gasteiger partial charge < -0.3 is 10.2 Å². The number of carboxylic acid groups (broad SMARTS) is 1. The monoisotopic (exact) mass is 246 g/mol. The van der Waals surface area contributed by atoms with E-state index in [1.54, 1.807) is 6.08 Å². The molecule has 0 amide bonds. The standard InChI is InChI=1S/C15H18O3/c1-12(15(17)18)10-11-14(16)9-5-8-13-6-3-2-4-7-13/h2-8,10,14,16H,9,11H2,1H3,(H,17,18). The lowest BCUT2D eigenvalue weighted by Crippen LogP contribution is -2.04. The molecule has 2 N–H and O–H groups in total. The average molecular weight is 246 g/mol. The van der Waals surface area contributed by atoms with Gasteiger partial charge in [0.15, 0.2) is 0 Å². The Morgan fingerprint density at radius 3 is 2.56 bits per heavy atom. The number of benzene rings is 1. The van der Waals surface area contributed by atoms with E-state index in [1.165, 1.54) is 6.92 Å². The van der Waals surface area contributed by atoms with Crippen molar-refractivity contribution >= 4 is 12.0 Å². The Bertz CT molecular complexity index is 432. The van der Waals surface area contributed by atoms with Gasteiger partial charge in [-0.1, -0.05) is 48.6 Å². The third-order valence-corrected chi connectivity index (χ3v) is 2.55. The lowest BCUT2D eigenvalue weighted by atomic mass is 10.1. The van der Waals surface area contributed by atoms with Crippen molar-refractivity contribution in [2.45, 2.75) is 25.9 Å². The van der Waals surface area contributed by atoms with Crippen LogP contribution in [0, 0.1) is 0 Å². The van der Waals surface area contributed by atoms with Gasteiger partial charge in [-0.25, -0.2) is 4.79 Å². The number of hydrogen-bond donors (Lipinski definition) is 2. The van der Waals surface area contributed by atoms with Crippen LogP contribution in [0.25, 0.3) is 6.08 Å². The Labute approximate surface area is 107 Å². The van der Waals surface area contributed by atoms with Gasteiger partial charge in [0.2, 0.25) is 0 Å². The summed E-state index contributed by atoms with van der Waals surface area (Å²) < 4.78 is 0. The van der Waals surface area contributed by atoms with E-state index in [4.69, 9.17) is 5.11 Å². The largest absolute Gasteiger partial charge is 0.478 e. The molecule has 1 aromatic rings. The molecule has 1 unspecified atom stereocenters. The molecule has 0 aromatic heterocycles. The minimum atomic E-state index is -0.943. The maximum atomic E-state index is 10.5. The molecule has 0 radical (unpaired) electrons. The van der Waals surface area contributed by atoms with Crippen molar-refractivity contribution in [2.24, 2.45) is 0 Å². The molecular weight excluding hydrogens is 228 g/mol. The van der Waals surface area contributed by atoms with Gasteiger partial charge in [0.1, 0.15) is 0 Å². The molecular formula is C15H18O3. The lowest BCUT2D eigenvalue weighted by Gasteiger charge is -2.04. The van der Waals surface area contributed by atoms with Crippen LogP contribution in [0.1, 0.15) is 25.3 Å². The van der Waals surface area contributed by atoms with E-state index in [0.29, 0.717) is 12.8 Å². The fourth-order valence-corrected chi connectivity index (χ4v) is 1.42. The minimum absolute atomic E-state index is 0.265. The summed E-state index contributed by atoms with van der Waals surface area (Å²) in [4.78, 5) is 10.5. The van der Waals surface area contributed by atoms with Gasteiger partial charge in [-0.05, 0) is 25.3 Å². The summed E-state index contributed by atoms with van der Waals surface area (Å²) in [7, 11) is 0. The van der Waals surface area contributed by atoms with E-state index >= 15 is 0 Å². The van der Waals surface area contributed by atoms with Crippen molar-refractivity contribution < 1.29 is 15.0 Å². The number of aliphatic carboxylic acids is 1. The van der Waals surface area contributed by atoms with Crippen LogP contribution in [-0.2, 0) is 4.79 Å². The van der Waals surface area contributed by atoms with Crippen LogP contribution < -0.4 is 0 Å². The molecule has 0 saturated carbocycles. The zero-order valence-electron chi connectivity index (χ0n) is 10.4. The maximum Gasteiger partial charge on any atom is 0.330 e. The fourth-order valence-electron chi connectivity index (χ4n) is 1.42. The second-order valence-corrected chi connectivity index (χ2v) is 4.13. The molecule has 0 aliphatic carbocycles. The summed E-state index contributed by atoms with van der Waals surface area (Å²) in [6, 6.07) is 9.82. The third kappa shape index (κ3) is 5.46. The highest BCUT2D eigenvalue weighted by molar-refractivity contribution is 5.85. The molecule has 1 rings (SSSR count). The van der Waals surface area contributed by atoms with Gasteiger partial charge in [-0.3, -0.25) is 0 Å². The smallest absolute Gasteiger partial charge is 0.330 e. The number of carbonyl (C=O) groups is 1. The van der Waals surface area contributed by atoms with Crippen LogP contribution >= 0.6 is 0 Å². The zero-order valence-corrected chi connectivity index (χ0v) is 10.4. The predicted molar refractivity (Wildman–Crippen MR) is 72.1 cm³/mol. The number of carboxylic acids is 1. The van der Waals surface area contributed by atoms with Crippen LogP contribution in [0.4, 0.5) is 0 Å². The molecule has 0 heterocycles. The average Bonchev–Trinajstić information content (AvgIpc) is 2.37. The summed E-state index contributed by atoms with van der Waals surface area (Å²) in [5.74, 6) is -0.943. The SMILES string of the molecule is CC(=CCC(O)CC=Cc1ccccc1)C(=O)O. The van der Waals surface area contributed by atoms with E-state index in [9.17, 15) is 9.90 Å². The number of aliphatic hydroxyl groups excluding tert-OH is 1. The van der Waals surface area contributed by atoms with E-state index in [0.717, 1.165) is 5.56 Å². The number of hydrogen-bond acceptors (Lipinski definition) is 2. The van der Waals surface area contributed by atoms with Crippen molar-refractivity contribution in [3.8, 4) is 0 Å². The van der Waals surface area contributed by atoms with Crippen LogP contribution in [-0.4, -0.2) is 22.3 Å². The van der Waals surface area contributed by atoms with Crippen LogP contribution in [0.15, 0.2) is 48.1 Å². The second-order valence-electron chi connectivity index (χ2n) is 4.13. The molecule has 0 spiro atoms. The normalized spacial score (nSPS) is 13.8.